The fourth-order valence-electron chi connectivity index (χ4n) is 3.12. The van der Waals surface area contributed by atoms with E-state index in [0.717, 1.165) is 10.6 Å². The number of thiophene rings is 1. The van der Waals surface area contributed by atoms with E-state index in [1.54, 1.807) is 16.2 Å². The molecule has 1 saturated heterocycles. The van der Waals surface area contributed by atoms with Gasteiger partial charge in [0.1, 0.15) is 0 Å². The van der Waals surface area contributed by atoms with E-state index >= 15 is 0 Å². The van der Waals surface area contributed by atoms with E-state index in [-0.39, 0.29) is 30.2 Å². The Balaban J connectivity index is 1.67. The lowest BCUT2D eigenvalue weighted by atomic mass is 10.0. The first-order valence-electron chi connectivity index (χ1n) is 8.70. The van der Waals surface area contributed by atoms with Gasteiger partial charge in [-0.25, -0.2) is 0 Å². The molecule has 0 bridgehead atoms. The molecule has 2 atom stereocenters. The molecule has 1 aromatic carbocycles. The van der Waals surface area contributed by atoms with Gasteiger partial charge in [-0.15, -0.1) is 11.3 Å². The highest BCUT2D eigenvalue weighted by atomic mass is 32.1. The number of hydrogen-bond acceptors (Lipinski definition) is 3. The maximum absolute atomic E-state index is 12.6. The largest absolute Gasteiger partial charge is 0.348 e. The van der Waals surface area contributed by atoms with E-state index in [1.807, 2.05) is 36.6 Å². The number of carbonyl (C=O) groups is 2. The normalized spacial score (nSPS) is 18.6. The summed E-state index contributed by atoms with van der Waals surface area (Å²) in [6.45, 7) is 6.69. The fourth-order valence-corrected chi connectivity index (χ4v) is 3.86. The average Bonchev–Trinajstić information content (AvgIpc) is 3.24. The molecule has 0 radical (unpaired) electrons. The fraction of sp³-hybridized carbons (Fsp3) is 0.400. The number of rotatable bonds is 5. The smallest absolute Gasteiger partial charge is 0.227 e. The summed E-state index contributed by atoms with van der Waals surface area (Å²) in [4.78, 5) is 27.9. The van der Waals surface area contributed by atoms with Gasteiger partial charge in [0.15, 0.2) is 0 Å². The summed E-state index contributed by atoms with van der Waals surface area (Å²) in [5.74, 6) is 0.0858. The average molecular weight is 356 g/mol. The van der Waals surface area contributed by atoms with E-state index in [9.17, 15) is 9.59 Å². The minimum atomic E-state index is -0.294. The zero-order chi connectivity index (χ0) is 18.0. The van der Waals surface area contributed by atoms with Crippen LogP contribution in [0, 0.1) is 5.92 Å². The van der Waals surface area contributed by atoms with Crippen LogP contribution >= 0.6 is 11.3 Å². The van der Waals surface area contributed by atoms with Crippen molar-refractivity contribution in [1.29, 1.82) is 0 Å². The lowest BCUT2D eigenvalue weighted by Crippen LogP contribution is -2.34. The third-order valence-corrected chi connectivity index (χ3v) is 5.73. The van der Waals surface area contributed by atoms with Gasteiger partial charge in [-0.1, -0.05) is 32.0 Å². The molecule has 0 spiro atoms. The number of benzene rings is 1. The highest BCUT2D eigenvalue weighted by Crippen LogP contribution is 2.28. The van der Waals surface area contributed by atoms with Crippen molar-refractivity contribution in [3.05, 3.63) is 52.2 Å². The molecule has 1 fully saturated rings. The van der Waals surface area contributed by atoms with Gasteiger partial charge in [-0.05, 0) is 42.0 Å². The van der Waals surface area contributed by atoms with Crippen molar-refractivity contribution in [3.8, 4) is 0 Å². The van der Waals surface area contributed by atoms with Crippen molar-refractivity contribution in [2.24, 2.45) is 5.92 Å². The van der Waals surface area contributed by atoms with Crippen LogP contribution in [-0.2, 0) is 9.59 Å². The molecule has 1 aliphatic heterocycles. The highest BCUT2D eigenvalue weighted by molar-refractivity contribution is 7.10. The van der Waals surface area contributed by atoms with Crippen molar-refractivity contribution in [3.63, 3.8) is 0 Å². The van der Waals surface area contributed by atoms with Gasteiger partial charge >= 0.3 is 0 Å². The second-order valence-electron chi connectivity index (χ2n) is 6.90. The minimum Gasteiger partial charge on any atom is -0.348 e. The Labute approximate surface area is 152 Å². The van der Waals surface area contributed by atoms with Crippen molar-refractivity contribution in [1.82, 2.24) is 5.32 Å². The molecule has 0 aliphatic carbocycles. The molecule has 0 unspecified atom stereocenters. The van der Waals surface area contributed by atoms with Crippen LogP contribution in [0.25, 0.3) is 0 Å². The highest BCUT2D eigenvalue weighted by Gasteiger charge is 2.35. The van der Waals surface area contributed by atoms with Crippen molar-refractivity contribution >= 4 is 28.8 Å². The van der Waals surface area contributed by atoms with Crippen LogP contribution in [0.1, 0.15) is 49.6 Å². The molecule has 3 rings (SSSR count). The Morgan fingerprint density at radius 3 is 2.72 bits per heavy atom. The lowest BCUT2D eigenvalue weighted by molar-refractivity contribution is -0.126. The third kappa shape index (κ3) is 3.93. The maximum atomic E-state index is 12.6. The zero-order valence-corrected chi connectivity index (χ0v) is 15.7. The minimum absolute atomic E-state index is 0.0184. The second-order valence-corrected chi connectivity index (χ2v) is 7.88. The summed E-state index contributed by atoms with van der Waals surface area (Å²) < 4.78 is 0. The van der Waals surface area contributed by atoms with Gasteiger partial charge in [0.2, 0.25) is 11.8 Å². The molecule has 2 heterocycles. The van der Waals surface area contributed by atoms with E-state index in [1.165, 1.54) is 5.56 Å². The van der Waals surface area contributed by atoms with E-state index in [2.05, 4.69) is 31.3 Å². The SMILES string of the molecule is CC(C)c1cccc(N2C[C@H](C(=O)N[C@H](C)c3cccs3)CC2=O)c1. The molecular formula is C20H24N2O2S. The summed E-state index contributed by atoms with van der Waals surface area (Å²) in [6.07, 6.45) is 0.273. The van der Waals surface area contributed by atoms with Crippen LogP contribution < -0.4 is 10.2 Å². The van der Waals surface area contributed by atoms with E-state index < -0.39 is 0 Å². The summed E-state index contributed by atoms with van der Waals surface area (Å²) in [7, 11) is 0. The van der Waals surface area contributed by atoms with Crippen LogP contribution in [-0.4, -0.2) is 18.4 Å². The van der Waals surface area contributed by atoms with Crippen LogP contribution in [0.4, 0.5) is 5.69 Å². The van der Waals surface area contributed by atoms with Gasteiger partial charge in [-0.3, -0.25) is 9.59 Å². The van der Waals surface area contributed by atoms with Gasteiger partial charge in [0, 0.05) is 23.5 Å². The molecule has 1 aromatic heterocycles. The van der Waals surface area contributed by atoms with Gasteiger partial charge in [0.25, 0.3) is 0 Å². The molecule has 132 valence electrons. The predicted molar refractivity (Wildman–Crippen MR) is 102 cm³/mol. The Bertz CT molecular complexity index is 755. The van der Waals surface area contributed by atoms with Crippen molar-refractivity contribution < 1.29 is 9.59 Å². The summed E-state index contributed by atoms with van der Waals surface area (Å²) in [5.41, 5.74) is 2.09. The first-order chi connectivity index (χ1) is 12.0. The van der Waals surface area contributed by atoms with Crippen LogP contribution in [0.2, 0.25) is 0 Å². The number of amides is 2. The Kier molecular flexibility index (Phi) is 5.23. The Morgan fingerprint density at radius 2 is 2.04 bits per heavy atom. The number of hydrogen-bond donors (Lipinski definition) is 1. The molecule has 5 heteroatoms. The summed E-state index contributed by atoms with van der Waals surface area (Å²) in [5, 5.41) is 5.04. The predicted octanol–water partition coefficient (Wildman–Crippen LogP) is 4.10. The molecule has 0 saturated carbocycles. The summed E-state index contributed by atoms with van der Waals surface area (Å²) >= 11 is 1.63. The first kappa shape index (κ1) is 17.7. The number of carbonyl (C=O) groups excluding carboxylic acids is 2. The molecule has 1 N–H and O–H groups in total. The number of nitrogens with one attached hydrogen (secondary N) is 1. The van der Waals surface area contributed by atoms with Crippen molar-refractivity contribution in [2.75, 3.05) is 11.4 Å². The Hall–Kier alpha value is -2.14. The zero-order valence-electron chi connectivity index (χ0n) is 14.9. The summed E-state index contributed by atoms with van der Waals surface area (Å²) in [6, 6.07) is 12.0. The van der Waals surface area contributed by atoms with Gasteiger partial charge < -0.3 is 10.2 Å². The maximum Gasteiger partial charge on any atom is 0.227 e. The number of anilines is 1. The van der Waals surface area contributed by atoms with Gasteiger partial charge in [-0.2, -0.15) is 0 Å². The number of nitrogens with zero attached hydrogens (tertiary/aromatic N) is 1. The van der Waals surface area contributed by atoms with Crippen LogP contribution in [0.15, 0.2) is 41.8 Å². The molecule has 2 amide bonds. The van der Waals surface area contributed by atoms with Crippen molar-refractivity contribution in [2.45, 2.75) is 39.2 Å². The molecular weight excluding hydrogens is 332 g/mol. The van der Waals surface area contributed by atoms with E-state index in [0.29, 0.717) is 12.5 Å². The standard InChI is InChI=1S/C20H24N2O2S/c1-13(2)15-6-4-7-17(10-15)22-12-16(11-19(22)23)20(24)21-14(3)18-8-5-9-25-18/h4-10,13-14,16H,11-12H2,1-3H3,(H,21,24)/t14-,16-/m1/s1. The monoisotopic (exact) mass is 356 g/mol. The first-order valence-corrected chi connectivity index (χ1v) is 9.57. The molecule has 4 nitrogen and oxygen atoms in total. The molecule has 1 aliphatic rings. The quantitative estimate of drug-likeness (QED) is 0.877. The molecule has 2 aromatic rings. The van der Waals surface area contributed by atoms with Gasteiger partial charge in [0.05, 0.1) is 12.0 Å². The van der Waals surface area contributed by atoms with Crippen LogP contribution in [0.3, 0.4) is 0 Å². The van der Waals surface area contributed by atoms with E-state index in [4.69, 9.17) is 0 Å². The molecule has 25 heavy (non-hydrogen) atoms. The van der Waals surface area contributed by atoms with Crippen LogP contribution in [0.5, 0.6) is 0 Å². The second kappa shape index (κ2) is 7.40. The topological polar surface area (TPSA) is 49.4 Å². The third-order valence-electron chi connectivity index (χ3n) is 4.67. The Morgan fingerprint density at radius 1 is 1.24 bits per heavy atom. The lowest BCUT2D eigenvalue weighted by Gasteiger charge is -2.19.